The van der Waals surface area contributed by atoms with Gasteiger partial charge in [0, 0.05) is 34.1 Å². The molecule has 0 aromatic heterocycles. The molecule has 3 aliphatic rings. The van der Waals surface area contributed by atoms with E-state index in [-0.39, 0.29) is 48.1 Å². The van der Waals surface area contributed by atoms with Crippen LogP contribution >= 0.6 is 15.9 Å². The smallest absolute Gasteiger partial charge is 0.303 e. The van der Waals surface area contributed by atoms with Crippen molar-refractivity contribution in [3.05, 3.63) is 64.1 Å². The molecule has 0 radical (unpaired) electrons. The van der Waals surface area contributed by atoms with Gasteiger partial charge in [-0.2, -0.15) is 0 Å². The summed E-state index contributed by atoms with van der Waals surface area (Å²) in [5.41, 5.74) is 2.34. The average Bonchev–Trinajstić information content (AvgIpc) is 3.40. The first-order chi connectivity index (χ1) is 15.9. The molecule has 3 atom stereocenters. The largest absolute Gasteiger partial charge is 0.481 e. The summed E-state index contributed by atoms with van der Waals surface area (Å²) in [5.74, 6) is -0.781. The van der Waals surface area contributed by atoms with Gasteiger partial charge in [0.2, 0.25) is 5.91 Å². The summed E-state index contributed by atoms with van der Waals surface area (Å²) in [6.45, 7) is 0. The van der Waals surface area contributed by atoms with Crippen LogP contribution in [0.3, 0.4) is 0 Å². The van der Waals surface area contributed by atoms with Crippen LogP contribution < -0.4 is 10.2 Å². The summed E-state index contributed by atoms with van der Waals surface area (Å²) < 4.78 is 0.786. The number of hydrogen-bond donors (Lipinski definition) is 2. The van der Waals surface area contributed by atoms with Crippen molar-refractivity contribution in [2.24, 2.45) is 5.92 Å². The van der Waals surface area contributed by atoms with Crippen molar-refractivity contribution in [2.45, 2.75) is 62.4 Å². The molecule has 2 aromatic carbocycles. The Bertz CT molecular complexity index is 1110. The molecule has 2 aromatic rings. The lowest BCUT2D eigenvalue weighted by atomic mass is 9.72. The van der Waals surface area contributed by atoms with Crippen LogP contribution in [0, 0.1) is 5.92 Å². The third kappa shape index (κ3) is 3.97. The van der Waals surface area contributed by atoms with Gasteiger partial charge < -0.3 is 15.3 Å². The molecular weight excluding hydrogens is 484 g/mol. The lowest BCUT2D eigenvalue weighted by molar-refractivity contribution is -0.139. The molecule has 2 aliphatic carbocycles. The van der Waals surface area contributed by atoms with Gasteiger partial charge in [0.25, 0.3) is 5.91 Å². The van der Waals surface area contributed by atoms with E-state index in [4.69, 9.17) is 5.11 Å². The van der Waals surface area contributed by atoms with Gasteiger partial charge in [0.1, 0.15) is 0 Å². The molecule has 0 bridgehead atoms. The van der Waals surface area contributed by atoms with Crippen LogP contribution in [0.15, 0.2) is 53.0 Å². The number of aliphatic carboxylic acids is 1. The van der Waals surface area contributed by atoms with E-state index in [0.717, 1.165) is 47.8 Å². The van der Waals surface area contributed by atoms with Gasteiger partial charge >= 0.3 is 5.97 Å². The molecule has 2 amide bonds. The van der Waals surface area contributed by atoms with Crippen molar-refractivity contribution < 1.29 is 19.5 Å². The predicted molar refractivity (Wildman–Crippen MR) is 128 cm³/mol. The Morgan fingerprint density at radius 3 is 2.48 bits per heavy atom. The Hall–Kier alpha value is -2.67. The molecule has 3 unspecified atom stereocenters. The van der Waals surface area contributed by atoms with E-state index in [1.807, 2.05) is 47.4 Å². The highest BCUT2D eigenvalue weighted by Gasteiger charge is 2.59. The maximum atomic E-state index is 13.8. The van der Waals surface area contributed by atoms with Gasteiger partial charge in [-0.25, -0.2) is 0 Å². The molecular formula is C26H27BrN2O4. The SMILES string of the molecule is O=C(O)CCC(=O)NC1(C2c3ccccc3N(C(=O)c3ccccc3Br)C3CCCC32)CC1. The standard InChI is InChI=1S/C26H27BrN2O4/c27-19-9-3-1-6-16(19)25(33)29-20-10-4-2-7-17(20)24(18-8-5-11-21(18)29)26(14-15-26)28-22(30)12-13-23(31)32/h1-4,6-7,9-10,18,21,24H,5,8,11-15H2,(H,28,30)(H,31,32). The number of halogens is 1. The number of carboxylic acids is 1. The van der Waals surface area contributed by atoms with Gasteiger partial charge in [0.05, 0.1) is 12.0 Å². The molecule has 1 heterocycles. The lowest BCUT2D eigenvalue weighted by Gasteiger charge is -2.47. The second kappa shape index (κ2) is 8.60. The number of nitrogens with one attached hydrogen (secondary N) is 1. The number of benzene rings is 2. The minimum absolute atomic E-state index is 0.000570. The zero-order valence-electron chi connectivity index (χ0n) is 18.3. The second-order valence-corrected chi connectivity index (χ2v) is 10.3. The highest BCUT2D eigenvalue weighted by atomic mass is 79.9. The minimum atomic E-state index is -0.963. The van der Waals surface area contributed by atoms with Gasteiger partial charge in [-0.3, -0.25) is 14.4 Å². The molecule has 2 N–H and O–H groups in total. The predicted octanol–water partition coefficient (Wildman–Crippen LogP) is 4.88. The monoisotopic (exact) mass is 510 g/mol. The van der Waals surface area contributed by atoms with Crippen molar-refractivity contribution >= 4 is 39.4 Å². The summed E-state index contributed by atoms with van der Waals surface area (Å²) in [4.78, 5) is 39.3. The fourth-order valence-electron chi connectivity index (χ4n) is 6.00. The maximum Gasteiger partial charge on any atom is 0.303 e. The molecule has 7 heteroatoms. The number of rotatable bonds is 6. The first kappa shape index (κ1) is 22.1. The van der Waals surface area contributed by atoms with Crippen LogP contribution in [0.2, 0.25) is 0 Å². The van der Waals surface area contributed by atoms with E-state index < -0.39 is 5.97 Å². The normalized spacial score (nSPS) is 24.5. The first-order valence-electron chi connectivity index (χ1n) is 11.6. The van der Waals surface area contributed by atoms with E-state index >= 15 is 0 Å². The molecule has 33 heavy (non-hydrogen) atoms. The third-order valence-corrected chi connectivity index (χ3v) is 8.18. The number of anilines is 1. The lowest BCUT2D eigenvalue weighted by Crippen LogP contribution is -2.53. The van der Waals surface area contributed by atoms with Crippen molar-refractivity contribution in [2.75, 3.05) is 4.90 Å². The third-order valence-electron chi connectivity index (χ3n) is 7.48. The van der Waals surface area contributed by atoms with Crippen molar-refractivity contribution in [3.8, 4) is 0 Å². The summed E-state index contributed by atoms with van der Waals surface area (Å²) in [5, 5.41) is 12.2. The van der Waals surface area contributed by atoms with Crippen molar-refractivity contribution in [1.29, 1.82) is 0 Å². The first-order valence-corrected chi connectivity index (χ1v) is 12.4. The van der Waals surface area contributed by atoms with E-state index in [9.17, 15) is 14.4 Å². The van der Waals surface area contributed by atoms with Crippen LogP contribution in [0.1, 0.15) is 66.8 Å². The summed E-state index contributed by atoms with van der Waals surface area (Å²) in [6, 6.07) is 15.7. The maximum absolute atomic E-state index is 13.8. The Balaban J connectivity index is 1.52. The Morgan fingerprint density at radius 2 is 1.76 bits per heavy atom. The fraction of sp³-hybridized carbons (Fsp3) is 0.423. The van der Waals surface area contributed by atoms with Gasteiger partial charge in [0.15, 0.2) is 0 Å². The molecule has 0 saturated heterocycles. The number of hydrogen-bond acceptors (Lipinski definition) is 3. The van der Waals surface area contributed by atoms with Gasteiger partial charge in [-0.15, -0.1) is 0 Å². The van der Waals surface area contributed by atoms with Crippen molar-refractivity contribution in [1.82, 2.24) is 5.32 Å². The zero-order valence-corrected chi connectivity index (χ0v) is 19.9. The summed E-state index contributed by atoms with van der Waals surface area (Å²) >= 11 is 3.54. The highest BCUT2D eigenvalue weighted by molar-refractivity contribution is 9.10. The number of carbonyl (C=O) groups is 3. The highest BCUT2D eigenvalue weighted by Crippen LogP contribution is 2.59. The topological polar surface area (TPSA) is 86.7 Å². The molecule has 6 nitrogen and oxygen atoms in total. The van der Waals surface area contributed by atoms with Crippen molar-refractivity contribution in [3.63, 3.8) is 0 Å². The van der Waals surface area contributed by atoms with E-state index in [2.05, 4.69) is 27.3 Å². The summed E-state index contributed by atoms with van der Waals surface area (Å²) in [7, 11) is 0. The van der Waals surface area contributed by atoms with Gasteiger partial charge in [-0.1, -0.05) is 36.8 Å². The zero-order chi connectivity index (χ0) is 23.2. The molecule has 1 aliphatic heterocycles. The minimum Gasteiger partial charge on any atom is -0.481 e. The van der Waals surface area contributed by atoms with E-state index in [0.29, 0.717) is 5.56 Å². The number of amides is 2. The number of carbonyl (C=O) groups excluding carboxylic acids is 2. The van der Waals surface area contributed by atoms with Crippen LogP contribution in [-0.2, 0) is 9.59 Å². The van der Waals surface area contributed by atoms with Crippen LogP contribution in [-0.4, -0.2) is 34.5 Å². The molecule has 5 rings (SSSR count). The quantitative estimate of drug-likeness (QED) is 0.579. The van der Waals surface area contributed by atoms with Crippen LogP contribution in [0.5, 0.6) is 0 Å². The Kier molecular flexibility index (Phi) is 5.77. The van der Waals surface area contributed by atoms with E-state index in [1.165, 1.54) is 0 Å². The number of nitrogens with zero attached hydrogens (tertiary/aromatic N) is 1. The molecule has 2 fully saturated rings. The molecule has 172 valence electrons. The Morgan fingerprint density at radius 1 is 1.03 bits per heavy atom. The van der Waals surface area contributed by atoms with Crippen LogP contribution in [0.4, 0.5) is 5.69 Å². The fourth-order valence-corrected chi connectivity index (χ4v) is 6.45. The molecule has 2 saturated carbocycles. The number of fused-ring (bicyclic) bond motifs is 2. The Labute approximate surface area is 201 Å². The van der Waals surface area contributed by atoms with Gasteiger partial charge in [-0.05, 0) is 71.3 Å². The second-order valence-electron chi connectivity index (χ2n) is 9.45. The molecule has 0 spiro atoms. The van der Waals surface area contributed by atoms with E-state index in [1.54, 1.807) is 0 Å². The summed E-state index contributed by atoms with van der Waals surface area (Å²) in [6.07, 6.45) is 4.58. The number of para-hydroxylation sites is 1. The average molecular weight is 511 g/mol. The number of carboxylic acid groups (broad SMARTS) is 1. The van der Waals surface area contributed by atoms with Crippen LogP contribution in [0.25, 0.3) is 0 Å².